The molecule has 0 bridgehead atoms. The third-order valence-electron chi connectivity index (χ3n) is 2.94. The van der Waals surface area contributed by atoms with Crippen LogP contribution in [0.4, 0.5) is 0 Å². The highest BCUT2D eigenvalue weighted by molar-refractivity contribution is 7.97. The number of hydrogen-bond acceptors (Lipinski definition) is 4. The second kappa shape index (κ2) is 5.60. The van der Waals surface area contributed by atoms with Crippen LogP contribution in [0.15, 0.2) is 10.5 Å². The second-order valence-electron chi connectivity index (χ2n) is 4.17. The van der Waals surface area contributed by atoms with Gasteiger partial charge >= 0.3 is 0 Å². The number of nitrogens with zero attached hydrogens (tertiary/aromatic N) is 1. The highest BCUT2D eigenvalue weighted by atomic mass is 32.2. The molecule has 0 aliphatic carbocycles. The van der Waals surface area contributed by atoms with Crippen LogP contribution in [0.25, 0.3) is 0 Å². The summed E-state index contributed by atoms with van der Waals surface area (Å²) >= 11 is 1.73. The van der Waals surface area contributed by atoms with Gasteiger partial charge in [-0.15, -0.1) is 0 Å². The number of furan rings is 1. The van der Waals surface area contributed by atoms with Gasteiger partial charge in [0.1, 0.15) is 5.76 Å². The number of thioether (sulfide) groups is 1. The van der Waals surface area contributed by atoms with Gasteiger partial charge in [-0.3, -0.25) is 4.79 Å². The van der Waals surface area contributed by atoms with Crippen LogP contribution in [0, 0.1) is 6.92 Å². The summed E-state index contributed by atoms with van der Waals surface area (Å²) in [6.07, 6.45) is 2.05. The molecule has 0 radical (unpaired) electrons. The fourth-order valence-corrected chi connectivity index (χ4v) is 2.55. The van der Waals surface area contributed by atoms with Crippen molar-refractivity contribution in [1.82, 2.24) is 10.2 Å². The van der Waals surface area contributed by atoms with E-state index in [1.807, 2.05) is 24.1 Å². The molecule has 1 fully saturated rings. The first kappa shape index (κ1) is 12.5. The molecule has 0 atom stereocenters. The van der Waals surface area contributed by atoms with E-state index in [1.54, 1.807) is 11.8 Å². The zero-order chi connectivity index (χ0) is 12.3. The lowest BCUT2D eigenvalue weighted by molar-refractivity contribution is 0.0702. The molecular weight excluding hydrogens is 236 g/mol. The van der Waals surface area contributed by atoms with Gasteiger partial charge in [-0.2, -0.15) is 11.8 Å². The van der Waals surface area contributed by atoms with Crippen molar-refractivity contribution < 1.29 is 9.21 Å². The predicted octanol–water partition coefficient (Wildman–Crippen LogP) is 1.50. The Labute approximate surface area is 106 Å². The normalized spacial score (nSPS) is 16.2. The van der Waals surface area contributed by atoms with Gasteiger partial charge in [0.2, 0.25) is 0 Å². The van der Waals surface area contributed by atoms with Crippen molar-refractivity contribution in [3.63, 3.8) is 0 Å². The molecule has 0 saturated carbocycles. The fourth-order valence-electron chi connectivity index (χ4n) is 1.95. The summed E-state index contributed by atoms with van der Waals surface area (Å²) < 4.78 is 5.56. The van der Waals surface area contributed by atoms with E-state index in [2.05, 4.69) is 5.32 Å². The third kappa shape index (κ3) is 2.84. The average molecular weight is 254 g/mol. The molecule has 1 aromatic rings. The van der Waals surface area contributed by atoms with Crippen LogP contribution in [-0.4, -0.2) is 43.2 Å². The number of amides is 1. The van der Waals surface area contributed by atoms with E-state index in [4.69, 9.17) is 4.42 Å². The van der Waals surface area contributed by atoms with Crippen LogP contribution in [-0.2, 0) is 5.75 Å². The topological polar surface area (TPSA) is 45.5 Å². The van der Waals surface area contributed by atoms with Crippen molar-refractivity contribution in [3.8, 4) is 0 Å². The maximum atomic E-state index is 12.2. The standard InChI is InChI=1S/C12H18N2O2S/c1-9-10(8-17-2)7-11(16-9)12(15)14-5-3-13-4-6-14/h7,13H,3-6,8H2,1-2H3. The lowest BCUT2D eigenvalue weighted by Crippen LogP contribution is -2.46. The van der Waals surface area contributed by atoms with Gasteiger partial charge in [0.15, 0.2) is 5.76 Å². The van der Waals surface area contributed by atoms with Crippen molar-refractivity contribution in [2.45, 2.75) is 12.7 Å². The molecule has 5 heteroatoms. The molecule has 1 aromatic heterocycles. The summed E-state index contributed by atoms with van der Waals surface area (Å²) in [7, 11) is 0. The highest BCUT2D eigenvalue weighted by Crippen LogP contribution is 2.20. The first-order chi connectivity index (χ1) is 8.22. The number of nitrogens with one attached hydrogen (secondary N) is 1. The Hall–Kier alpha value is -0.940. The Morgan fingerprint density at radius 2 is 2.24 bits per heavy atom. The van der Waals surface area contributed by atoms with Crippen LogP contribution < -0.4 is 5.32 Å². The Balaban J connectivity index is 2.10. The van der Waals surface area contributed by atoms with Crippen LogP contribution in [0.1, 0.15) is 21.9 Å². The molecule has 94 valence electrons. The zero-order valence-electron chi connectivity index (χ0n) is 10.3. The van der Waals surface area contributed by atoms with E-state index in [0.717, 1.165) is 43.3 Å². The number of rotatable bonds is 3. The van der Waals surface area contributed by atoms with Crippen molar-refractivity contribution in [1.29, 1.82) is 0 Å². The van der Waals surface area contributed by atoms with Crippen molar-refractivity contribution in [2.75, 3.05) is 32.4 Å². The molecule has 4 nitrogen and oxygen atoms in total. The van der Waals surface area contributed by atoms with Gasteiger partial charge in [0, 0.05) is 37.5 Å². The van der Waals surface area contributed by atoms with Gasteiger partial charge < -0.3 is 14.6 Å². The number of aryl methyl sites for hydroxylation is 1. The molecule has 1 aliphatic rings. The maximum Gasteiger partial charge on any atom is 0.289 e. The fraction of sp³-hybridized carbons (Fsp3) is 0.583. The predicted molar refractivity (Wildman–Crippen MR) is 69.4 cm³/mol. The highest BCUT2D eigenvalue weighted by Gasteiger charge is 2.21. The summed E-state index contributed by atoms with van der Waals surface area (Å²) in [6.45, 7) is 5.17. The van der Waals surface area contributed by atoms with Crippen molar-refractivity contribution >= 4 is 17.7 Å². The molecular formula is C12H18N2O2S. The summed E-state index contributed by atoms with van der Waals surface area (Å²) in [4.78, 5) is 14.0. The van der Waals surface area contributed by atoms with E-state index in [-0.39, 0.29) is 5.91 Å². The largest absolute Gasteiger partial charge is 0.456 e. The van der Waals surface area contributed by atoms with E-state index >= 15 is 0 Å². The van der Waals surface area contributed by atoms with Gasteiger partial charge in [0.05, 0.1) is 0 Å². The molecule has 2 heterocycles. The Kier molecular flexibility index (Phi) is 4.12. The first-order valence-corrected chi connectivity index (χ1v) is 7.20. The monoisotopic (exact) mass is 254 g/mol. The molecule has 0 aromatic carbocycles. The molecule has 1 aliphatic heterocycles. The van der Waals surface area contributed by atoms with E-state index < -0.39 is 0 Å². The quantitative estimate of drug-likeness (QED) is 0.888. The molecule has 17 heavy (non-hydrogen) atoms. The van der Waals surface area contributed by atoms with E-state index in [0.29, 0.717) is 5.76 Å². The van der Waals surface area contributed by atoms with Gasteiger partial charge in [0.25, 0.3) is 5.91 Å². The Bertz CT molecular complexity index is 397. The van der Waals surface area contributed by atoms with Gasteiger partial charge in [-0.25, -0.2) is 0 Å². The molecule has 1 saturated heterocycles. The number of piperazine rings is 1. The molecule has 1 amide bonds. The molecule has 2 rings (SSSR count). The molecule has 0 unspecified atom stereocenters. The van der Waals surface area contributed by atoms with Crippen LogP contribution in [0.3, 0.4) is 0 Å². The van der Waals surface area contributed by atoms with Crippen molar-refractivity contribution in [3.05, 3.63) is 23.2 Å². The number of hydrogen-bond donors (Lipinski definition) is 1. The summed E-state index contributed by atoms with van der Waals surface area (Å²) in [6, 6.07) is 1.89. The Morgan fingerprint density at radius 1 is 1.53 bits per heavy atom. The van der Waals surface area contributed by atoms with Crippen LogP contribution in [0.5, 0.6) is 0 Å². The van der Waals surface area contributed by atoms with Gasteiger partial charge in [-0.05, 0) is 19.2 Å². The van der Waals surface area contributed by atoms with E-state index in [9.17, 15) is 4.79 Å². The smallest absolute Gasteiger partial charge is 0.289 e. The minimum atomic E-state index is 0.0157. The zero-order valence-corrected chi connectivity index (χ0v) is 11.1. The summed E-state index contributed by atoms with van der Waals surface area (Å²) in [5.41, 5.74) is 1.12. The first-order valence-electron chi connectivity index (χ1n) is 5.80. The minimum Gasteiger partial charge on any atom is -0.456 e. The minimum absolute atomic E-state index is 0.0157. The van der Waals surface area contributed by atoms with Crippen LogP contribution in [0.2, 0.25) is 0 Å². The third-order valence-corrected chi connectivity index (χ3v) is 3.54. The molecule has 0 spiro atoms. The SMILES string of the molecule is CSCc1cc(C(=O)N2CCNCC2)oc1C. The average Bonchev–Trinajstić information content (AvgIpc) is 2.72. The van der Waals surface area contributed by atoms with Crippen LogP contribution >= 0.6 is 11.8 Å². The Morgan fingerprint density at radius 3 is 2.88 bits per heavy atom. The number of carbonyl (C=O) groups is 1. The maximum absolute atomic E-state index is 12.2. The summed E-state index contributed by atoms with van der Waals surface area (Å²) in [5.74, 6) is 2.25. The lowest BCUT2D eigenvalue weighted by atomic mass is 10.2. The van der Waals surface area contributed by atoms with E-state index in [1.165, 1.54) is 0 Å². The van der Waals surface area contributed by atoms with Gasteiger partial charge in [-0.1, -0.05) is 0 Å². The number of carbonyl (C=O) groups excluding carboxylic acids is 1. The lowest BCUT2D eigenvalue weighted by Gasteiger charge is -2.26. The molecule has 1 N–H and O–H groups in total. The second-order valence-corrected chi connectivity index (χ2v) is 5.03. The summed E-state index contributed by atoms with van der Waals surface area (Å²) in [5, 5.41) is 3.23. The van der Waals surface area contributed by atoms with Crippen molar-refractivity contribution in [2.24, 2.45) is 0 Å².